The first kappa shape index (κ1) is 13.2. The molecule has 2 rings (SSSR count). The Bertz CT molecular complexity index is 405. The summed E-state index contributed by atoms with van der Waals surface area (Å²) >= 11 is 12.1. The van der Waals surface area contributed by atoms with Crippen molar-refractivity contribution in [1.82, 2.24) is 0 Å². The molecular formula is C14H19Cl2N. The largest absolute Gasteiger partial charge is 0.330 e. The van der Waals surface area contributed by atoms with Crippen molar-refractivity contribution in [3.8, 4) is 0 Å². The third kappa shape index (κ3) is 2.33. The molecule has 0 unspecified atom stereocenters. The van der Waals surface area contributed by atoms with E-state index in [9.17, 15) is 0 Å². The molecule has 1 aliphatic rings. The molecule has 1 aromatic carbocycles. The van der Waals surface area contributed by atoms with Gasteiger partial charge in [-0.2, -0.15) is 0 Å². The molecule has 0 saturated heterocycles. The van der Waals surface area contributed by atoms with Crippen molar-refractivity contribution in [1.29, 1.82) is 0 Å². The molecule has 0 aromatic heterocycles. The van der Waals surface area contributed by atoms with Gasteiger partial charge in [0.15, 0.2) is 0 Å². The summed E-state index contributed by atoms with van der Waals surface area (Å²) in [5, 5.41) is 1.25. The minimum Gasteiger partial charge on any atom is -0.330 e. The Morgan fingerprint density at radius 1 is 1.29 bits per heavy atom. The molecule has 1 fully saturated rings. The molecule has 2 N–H and O–H groups in total. The van der Waals surface area contributed by atoms with E-state index in [0.717, 1.165) is 6.42 Å². The van der Waals surface area contributed by atoms with Gasteiger partial charge in [-0.3, -0.25) is 0 Å². The summed E-state index contributed by atoms with van der Waals surface area (Å²) in [7, 11) is 0. The quantitative estimate of drug-likeness (QED) is 0.848. The monoisotopic (exact) mass is 271 g/mol. The van der Waals surface area contributed by atoms with Crippen LogP contribution in [0.1, 0.15) is 38.2 Å². The molecule has 0 radical (unpaired) electrons. The van der Waals surface area contributed by atoms with Gasteiger partial charge in [0, 0.05) is 12.0 Å². The van der Waals surface area contributed by atoms with Crippen LogP contribution in [0.4, 0.5) is 0 Å². The van der Waals surface area contributed by atoms with Crippen molar-refractivity contribution >= 4 is 23.2 Å². The maximum Gasteiger partial charge on any atom is 0.0595 e. The number of nitrogens with two attached hydrogens (primary N) is 1. The highest BCUT2D eigenvalue weighted by Gasteiger charge is 2.38. The van der Waals surface area contributed by atoms with Gasteiger partial charge in [-0.05, 0) is 36.5 Å². The van der Waals surface area contributed by atoms with Crippen LogP contribution in [0.25, 0.3) is 0 Å². The first-order valence-corrected chi connectivity index (χ1v) is 7.01. The molecule has 1 aliphatic carbocycles. The van der Waals surface area contributed by atoms with E-state index < -0.39 is 0 Å². The van der Waals surface area contributed by atoms with Crippen molar-refractivity contribution in [3.63, 3.8) is 0 Å². The molecule has 0 amide bonds. The molecule has 3 heteroatoms. The predicted molar refractivity (Wildman–Crippen MR) is 74.8 cm³/mol. The Morgan fingerprint density at radius 3 is 2.65 bits per heavy atom. The zero-order chi connectivity index (χ0) is 12.5. The zero-order valence-corrected chi connectivity index (χ0v) is 11.7. The van der Waals surface area contributed by atoms with E-state index in [0.29, 0.717) is 22.5 Å². The van der Waals surface area contributed by atoms with Gasteiger partial charge in [0.2, 0.25) is 0 Å². The van der Waals surface area contributed by atoms with E-state index in [4.69, 9.17) is 28.9 Å². The zero-order valence-electron chi connectivity index (χ0n) is 10.2. The minimum absolute atomic E-state index is 0.0898. The van der Waals surface area contributed by atoms with Crippen LogP contribution < -0.4 is 5.73 Å². The fraction of sp³-hybridized carbons (Fsp3) is 0.571. The summed E-state index contributed by atoms with van der Waals surface area (Å²) in [6.45, 7) is 2.99. The van der Waals surface area contributed by atoms with Gasteiger partial charge in [-0.25, -0.2) is 0 Å². The number of halogens is 2. The third-order valence-electron chi connectivity index (χ3n) is 4.31. The second-order valence-electron chi connectivity index (χ2n) is 5.14. The molecule has 94 valence electrons. The van der Waals surface area contributed by atoms with Crippen molar-refractivity contribution in [3.05, 3.63) is 33.8 Å². The van der Waals surface area contributed by atoms with E-state index in [1.165, 1.54) is 24.8 Å². The van der Waals surface area contributed by atoms with E-state index in [-0.39, 0.29) is 5.41 Å². The molecule has 1 saturated carbocycles. The first-order valence-electron chi connectivity index (χ1n) is 6.26. The molecule has 0 aliphatic heterocycles. The van der Waals surface area contributed by atoms with E-state index in [1.54, 1.807) is 0 Å². The number of hydrogen-bond donors (Lipinski definition) is 1. The smallest absolute Gasteiger partial charge is 0.0595 e. The number of hydrogen-bond acceptors (Lipinski definition) is 1. The lowest BCUT2D eigenvalue weighted by Crippen LogP contribution is -2.43. The SMILES string of the molecule is C[C@H]1CCCC[C@]1(CN)c1ccc(Cl)c(Cl)c1. The second-order valence-corrected chi connectivity index (χ2v) is 5.95. The van der Waals surface area contributed by atoms with Gasteiger partial charge in [-0.1, -0.05) is 49.0 Å². The summed E-state index contributed by atoms with van der Waals surface area (Å²) in [5.74, 6) is 0.610. The van der Waals surface area contributed by atoms with E-state index in [2.05, 4.69) is 13.0 Å². The molecular weight excluding hydrogens is 253 g/mol. The Morgan fingerprint density at radius 2 is 2.06 bits per heavy atom. The van der Waals surface area contributed by atoms with Gasteiger partial charge in [-0.15, -0.1) is 0 Å². The molecule has 1 nitrogen and oxygen atoms in total. The van der Waals surface area contributed by atoms with Gasteiger partial charge < -0.3 is 5.73 Å². The Kier molecular flexibility index (Phi) is 4.02. The third-order valence-corrected chi connectivity index (χ3v) is 5.05. The van der Waals surface area contributed by atoms with Crippen LogP contribution in [0.3, 0.4) is 0 Å². The average molecular weight is 272 g/mol. The van der Waals surface area contributed by atoms with E-state index >= 15 is 0 Å². The van der Waals surface area contributed by atoms with Gasteiger partial charge in [0.25, 0.3) is 0 Å². The maximum atomic E-state index is 6.13. The lowest BCUT2D eigenvalue weighted by molar-refractivity contribution is 0.207. The fourth-order valence-corrected chi connectivity index (χ4v) is 3.37. The Labute approximate surface area is 113 Å². The fourth-order valence-electron chi connectivity index (χ4n) is 3.07. The Balaban J connectivity index is 2.42. The molecule has 0 bridgehead atoms. The number of benzene rings is 1. The lowest BCUT2D eigenvalue weighted by atomic mass is 9.63. The van der Waals surface area contributed by atoms with Gasteiger partial charge in [0.05, 0.1) is 10.0 Å². The van der Waals surface area contributed by atoms with Crippen LogP contribution in [-0.4, -0.2) is 6.54 Å². The highest BCUT2D eigenvalue weighted by atomic mass is 35.5. The summed E-state index contributed by atoms with van der Waals surface area (Å²) < 4.78 is 0. The Hall–Kier alpha value is -0.240. The maximum absolute atomic E-state index is 6.13. The van der Waals surface area contributed by atoms with Crippen molar-refractivity contribution in [2.24, 2.45) is 11.7 Å². The van der Waals surface area contributed by atoms with Gasteiger partial charge in [0.1, 0.15) is 0 Å². The van der Waals surface area contributed by atoms with Crippen LogP contribution in [0.2, 0.25) is 10.0 Å². The van der Waals surface area contributed by atoms with Crippen molar-refractivity contribution in [2.75, 3.05) is 6.54 Å². The molecule has 0 spiro atoms. The average Bonchev–Trinajstić information content (AvgIpc) is 2.34. The molecule has 17 heavy (non-hydrogen) atoms. The molecule has 2 atom stereocenters. The van der Waals surface area contributed by atoms with Gasteiger partial charge >= 0.3 is 0 Å². The van der Waals surface area contributed by atoms with Crippen LogP contribution in [0, 0.1) is 5.92 Å². The standard InChI is InChI=1S/C14H19Cl2N/c1-10-4-2-3-7-14(10,9-17)11-5-6-12(15)13(16)8-11/h5-6,8,10H,2-4,7,9,17H2,1H3/t10-,14+/m0/s1. The lowest BCUT2D eigenvalue weighted by Gasteiger charge is -2.42. The predicted octanol–water partition coefficient (Wildman–Crippen LogP) is 4.40. The van der Waals surface area contributed by atoms with E-state index in [1.807, 2.05) is 12.1 Å². The number of rotatable bonds is 2. The summed E-state index contributed by atoms with van der Waals surface area (Å²) in [6.07, 6.45) is 4.96. The highest BCUT2D eigenvalue weighted by Crippen LogP contribution is 2.44. The van der Waals surface area contributed by atoms with Crippen molar-refractivity contribution in [2.45, 2.75) is 38.0 Å². The normalized spacial score (nSPS) is 29.3. The highest BCUT2D eigenvalue weighted by molar-refractivity contribution is 6.42. The topological polar surface area (TPSA) is 26.0 Å². The summed E-state index contributed by atoms with van der Waals surface area (Å²) in [4.78, 5) is 0. The van der Waals surface area contributed by atoms with Crippen molar-refractivity contribution < 1.29 is 0 Å². The summed E-state index contributed by atoms with van der Waals surface area (Å²) in [5.41, 5.74) is 7.41. The van der Waals surface area contributed by atoms with Crippen LogP contribution in [0.15, 0.2) is 18.2 Å². The van der Waals surface area contributed by atoms with Crippen LogP contribution in [-0.2, 0) is 5.41 Å². The first-order chi connectivity index (χ1) is 8.10. The van der Waals surface area contributed by atoms with Crippen LogP contribution in [0.5, 0.6) is 0 Å². The minimum atomic E-state index is 0.0898. The summed E-state index contributed by atoms with van der Waals surface area (Å²) in [6, 6.07) is 5.97. The molecule has 1 aromatic rings. The second kappa shape index (κ2) is 5.17. The van der Waals surface area contributed by atoms with Crippen LogP contribution >= 0.6 is 23.2 Å². The molecule has 0 heterocycles.